The van der Waals surface area contributed by atoms with E-state index in [-0.39, 0.29) is 17.7 Å². The van der Waals surface area contributed by atoms with Gasteiger partial charge < -0.3 is 16.3 Å². The van der Waals surface area contributed by atoms with Crippen molar-refractivity contribution >= 4 is 11.7 Å². The van der Waals surface area contributed by atoms with E-state index in [2.05, 4.69) is 17.4 Å². The second-order valence-electron chi connectivity index (χ2n) is 6.45. The average Bonchev–Trinajstić information content (AvgIpc) is 2.40. The van der Waals surface area contributed by atoms with E-state index in [1.807, 2.05) is 13.8 Å². The molecule has 1 atom stereocenters. The van der Waals surface area contributed by atoms with Gasteiger partial charge in [0.2, 0.25) is 5.91 Å². The maximum Gasteiger partial charge on any atom is 0.231 e. The molecule has 0 radical (unpaired) electrons. The number of nitrogens with two attached hydrogens (primary N) is 1. The van der Waals surface area contributed by atoms with Gasteiger partial charge in [0.25, 0.3) is 0 Å². The molecule has 0 aliphatic heterocycles. The van der Waals surface area contributed by atoms with Gasteiger partial charge in [-0.25, -0.2) is 0 Å². The van der Waals surface area contributed by atoms with Crippen molar-refractivity contribution in [2.75, 3.05) is 6.54 Å². The van der Waals surface area contributed by atoms with Gasteiger partial charge >= 0.3 is 0 Å². The van der Waals surface area contributed by atoms with Crippen molar-refractivity contribution in [3.8, 4) is 0 Å². The summed E-state index contributed by atoms with van der Waals surface area (Å²) in [6.45, 7) is 6.78. The highest BCUT2D eigenvalue weighted by molar-refractivity contribution is 6.02. The van der Waals surface area contributed by atoms with Crippen LogP contribution in [0.4, 0.5) is 0 Å². The second kappa shape index (κ2) is 8.12. The van der Waals surface area contributed by atoms with Crippen LogP contribution in [0.1, 0.15) is 52.9 Å². The number of amidine groups is 1. The van der Waals surface area contributed by atoms with Gasteiger partial charge in [-0.1, -0.05) is 51.6 Å². The maximum absolute atomic E-state index is 12.1. The number of oxime groups is 1. The van der Waals surface area contributed by atoms with Gasteiger partial charge in [0.05, 0.1) is 0 Å². The number of amides is 1. The monoisotopic (exact) mass is 283 g/mol. The van der Waals surface area contributed by atoms with E-state index in [0.717, 1.165) is 18.3 Å². The lowest BCUT2D eigenvalue weighted by atomic mass is 9.81. The molecule has 1 rings (SSSR count). The van der Waals surface area contributed by atoms with Crippen LogP contribution >= 0.6 is 0 Å². The first-order valence-corrected chi connectivity index (χ1v) is 7.70. The third kappa shape index (κ3) is 5.02. The van der Waals surface area contributed by atoms with E-state index in [1.54, 1.807) is 0 Å². The summed E-state index contributed by atoms with van der Waals surface area (Å²) in [5, 5.41) is 14.6. The number of rotatable bonds is 6. The molecule has 1 fully saturated rings. The van der Waals surface area contributed by atoms with Crippen molar-refractivity contribution in [2.24, 2.45) is 34.6 Å². The van der Waals surface area contributed by atoms with E-state index < -0.39 is 5.92 Å². The van der Waals surface area contributed by atoms with Crippen LogP contribution in [0.25, 0.3) is 0 Å². The molecule has 1 unspecified atom stereocenters. The minimum Gasteiger partial charge on any atom is -0.409 e. The van der Waals surface area contributed by atoms with Crippen LogP contribution < -0.4 is 11.1 Å². The molecule has 1 aliphatic rings. The SMILES string of the molecule is CC1CCC(CCNC(=O)C(C(N)=NO)C(C)C)CC1. The first kappa shape index (κ1) is 16.8. The van der Waals surface area contributed by atoms with E-state index >= 15 is 0 Å². The highest BCUT2D eigenvalue weighted by Crippen LogP contribution is 2.29. The normalized spacial score (nSPS) is 25.5. The van der Waals surface area contributed by atoms with Crippen molar-refractivity contribution in [1.29, 1.82) is 0 Å². The molecule has 0 saturated heterocycles. The third-order valence-electron chi connectivity index (χ3n) is 4.37. The highest BCUT2D eigenvalue weighted by Gasteiger charge is 2.26. The Bertz CT molecular complexity index is 334. The van der Waals surface area contributed by atoms with E-state index in [9.17, 15) is 4.79 Å². The van der Waals surface area contributed by atoms with Crippen LogP contribution in [0, 0.1) is 23.7 Å². The van der Waals surface area contributed by atoms with Crippen LogP contribution in [0.15, 0.2) is 5.16 Å². The van der Waals surface area contributed by atoms with E-state index in [1.165, 1.54) is 25.7 Å². The molecule has 20 heavy (non-hydrogen) atoms. The largest absolute Gasteiger partial charge is 0.409 e. The Labute approximate surface area is 122 Å². The summed E-state index contributed by atoms with van der Waals surface area (Å²) >= 11 is 0. The van der Waals surface area contributed by atoms with Crippen molar-refractivity contribution in [1.82, 2.24) is 5.32 Å². The average molecular weight is 283 g/mol. The van der Waals surface area contributed by atoms with Crippen LogP contribution in [-0.2, 0) is 4.79 Å². The first-order chi connectivity index (χ1) is 9.45. The molecule has 5 heteroatoms. The summed E-state index contributed by atoms with van der Waals surface area (Å²) in [5.74, 6) is 0.899. The summed E-state index contributed by atoms with van der Waals surface area (Å²) in [4.78, 5) is 12.1. The van der Waals surface area contributed by atoms with Gasteiger partial charge in [-0.05, 0) is 24.2 Å². The van der Waals surface area contributed by atoms with Crippen LogP contribution in [0.5, 0.6) is 0 Å². The molecule has 0 aromatic carbocycles. The molecule has 5 nitrogen and oxygen atoms in total. The Hall–Kier alpha value is -1.26. The molecule has 0 aromatic rings. The predicted octanol–water partition coefficient (Wildman–Crippen LogP) is 2.34. The molecular weight excluding hydrogens is 254 g/mol. The quantitative estimate of drug-likeness (QED) is 0.302. The molecule has 4 N–H and O–H groups in total. The van der Waals surface area contributed by atoms with Gasteiger partial charge in [0, 0.05) is 6.54 Å². The fraction of sp³-hybridized carbons (Fsp3) is 0.867. The molecule has 1 aliphatic carbocycles. The minimum atomic E-state index is -0.550. The summed E-state index contributed by atoms with van der Waals surface area (Å²) in [6, 6.07) is 0. The van der Waals surface area contributed by atoms with Gasteiger partial charge in [-0.15, -0.1) is 0 Å². The second-order valence-corrected chi connectivity index (χ2v) is 6.45. The van der Waals surface area contributed by atoms with E-state index in [0.29, 0.717) is 6.54 Å². The fourth-order valence-corrected chi connectivity index (χ4v) is 2.97. The molecule has 0 spiro atoms. The van der Waals surface area contributed by atoms with Gasteiger partial charge in [-0.2, -0.15) is 0 Å². The molecule has 0 aromatic heterocycles. The van der Waals surface area contributed by atoms with Gasteiger partial charge in [-0.3, -0.25) is 4.79 Å². The lowest BCUT2D eigenvalue weighted by molar-refractivity contribution is -0.124. The van der Waals surface area contributed by atoms with Gasteiger partial charge in [0.15, 0.2) is 5.84 Å². The van der Waals surface area contributed by atoms with Crippen molar-refractivity contribution in [3.05, 3.63) is 0 Å². The summed E-state index contributed by atoms with van der Waals surface area (Å²) in [6.07, 6.45) is 6.17. The number of nitrogens with one attached hydrogen (secondary N) is 1. The Kier molecular flexibility index (Phi) is 6.82. The zero-order valence-electron chi connectivity index (χ0n) is 12.9. The number of carbonyl (C=O) groups is 1. The highest BCUT2D eigenvalue weighted by atomic mass is 16.4. The smallest absolute Gasteiger partial charge is 0.231 e. The Morgan fingerprint density at radius 3 is 2.45 bits per heavy atom. The summed E-state index contributed by atoms with van der Waals surface area (Å²) < 4.78 is 0. The maximum atomic E-state index is 12.1. The summed E-state index contributed by atoms with van der Waals surface area (Å²) in [7, 11) is 0. The Morgan fingerprint density at radius 2 is 1.95 bits per heavy atom. The minimum absolute atomic E-state index is 0.0102. The number of hydrogen-bond acceptors (Lipinski definition) is 3. The Morgan fingerprint density at radius 1 is 1.35 bits per heavy atom. The number of carbonyl (C=O) groups excluding carboxylic acids is 1. The molecular formula is C15H29N3O2. The van der Waals surface area contributed by atoms with Gasteiger partial charge in [0.1, 0.15) is 5.92 Å². The third-order valence-corrected chi connectivity index (χ3v) is 4.37. The molecule has 116 valence electrons. The number of nitrogens with zero attached hydrogens (tertiary/aromatic N) is 1. The zero-order valence-corrected chi connectivity index (χ0v) is 12.9. The lowest BCUT2D eigenvalue weighted by Gasteiger charge is -2.26. The van der Waals surface area contributed by atoms with Crippen LogP contribution in [0.2, 0.25) is 0 Å². The molecule has 0 heterocycles. The zero-order chi connectivity index (χ0) is 15.1. The van der Waals surface area contributed by atoms with Crippen LogP contribution in [-0.4, -0.2) is 23.5 Å². The molecule has 1 saturated carbocycles. The number of hydrogen-bond donors (Lipinski definition) is 3. The van der Waals surface area contributed by atoms with Crippen molar-refractivity contribution < 1.29 is 10.0 Å². The van der Waals surface area contributed by atoms with Crippen LogP contribution in [0.3, 0.4) is 0 Å². The topological polar surface area (TPSA) is 87.7 Å². The predicted molar refractivity (Wildman–Crippen MR) is 80.5 cm³/mol. The van der Waals surface area contributed by atoms with Crippen molar-refractivity contribution in [3.63, 3.8) is 0 Å². The lowest BCUT2D eigenvalue weighted by Crippen LogP contribution is -2.42. The van der Waals surface area contributed by atoms with E-state index in [4.69, 9.17) is 10.9 Å². The fourth-order valence-electron chi connectivity index (χ4n) is 2.97. The standard InChI is InChI=1S/C15H29N3O2/c1-10(2)13(14(16)18-20)15(19)17-9-8-12-6-4-11(3)5-7-12/h10-13,20H,4-9H2,1-3H3,(H2,16,18)(H,17,19). The molecule has 1 amide bonds. The Balaban J connectivity index is 2.34. The first-order valence-electron chi connectivity index (χ1n) is 7.70. The molecule has 0 bridgehead atoms. The van der Waals surface area contributed by atoms with Crippen molar-refractivity contribution in [2.45, 2.75) is 52.9 Å². The summed E-state index contributed by atoms with van der Waals surface area (Å²) in [5.41, 5.74) is 5.59.